The Kier molecular flexibility index (Phi) is 13.7. The molecule has 52 heavy (non-hydrogen) atoms. The van der Waals surface area contributed by atoms with E-state index in [0.29, 0.717) is 9.13 Å². The number of para-hydroxylation sites is 1. The van der Waals surface area contributed by atoms with Gasteiger partial charge in [-0.05, 0) is 45.4 Å². The summed E-state index contributed by atoms with van der Waals surface area (Å²) in [5.41, 5.74) is -3.97. The number of esters is 3. The van der Waals surface area contributed by atoms with Crippen molar-refractivity contribution in [2.45, 2.75) is 90.1 Å². The molecule has 2 N–H and O–H groups in total. The van der Waals surface area contributed by atoms with E-state index in [4.69, 9.17) is 28.0 Å². The molecule has 1 fully saturated rings. The van der Waals surface area contributed by atoms with Crippen LogP contribution in [-0.2, 0) is 55.8 Å². The number of hydrogen-bond acceptors (Lipinski definition) is 13. The van der Waals surface area contributed by atoms with Crippen LogP contribution < -0.4 is 20.9 Å². The smallest absolute Gasteiger partial charge is 0.459 e. The highest BCUT2D eigenvalue weighted by atomic mass is 31.2. The van der Waals surface area contributed by atoms with Gasteiger partial charge in [0.15, 0.2) is 18.6 Å². The van der Waals surface area contributed by atoms with Gasteiger partial charge >= 0.3 is 31.3 Å². The van der Waals surface area contributed by atoms with E-state index in [-0.39, 0.29) is 18.8 Å². The quantitative estimate of drug-likeness (QED) is 0.116. The number of halogens is 1. The Morgan fingerprint density at radius 3 is 2.23 bits per heavy atom. The third-order valence-corrected chi connectivity index (χ3v) is 9.27. The molecular formula is C34H41FN3O13P. The summed E-state index contributed by atoms with van der Waals surface area (Å²) in [5.74, 6) is -2.24. The van der Waals surface area contributed by atoms with Crippen LogP contribution in [-0.4, -0.2) is 68.8 Å². The first kappa shape index (κ1) is 40.1. The van der Waals surface area contributed by atoms with Crippen molar-refractivity contribution >= 4 is 25.7 Å². The first-order valence-corrected chi connectivity index (χ1v) is 17.8. The Balaban J connectivity index is 1.41. The third kappa shape index (κ3) is 10.7. The van der Waals surface area contributed by atoms with Gasteiger partial charge in [0, 0.05) is 12.3 Å². The molecule has 3 unspecified atom stereocenters. The van der Waals surface area contributed by atoms with Crippen molar-refractivity contribution in [3.05, 3.63) is 99.3 Å². The normalized spacial score (nSPS) is 21.6. The van der Waals surface area contributed by atoms with Crippen molar-refractivity contribution in [2.24, 2.45) is 0 Å². The zero-order valence-electron chi connectivity index (χ0n) is 28.9. The molecule has 0 aliphatic carbocycles. The van der Waals surface area contributed by atoms with Gasteiger partial charge in [-0.25, -0.2) is 18.3 Å². The van der Waals surface area contributed by atoms with Crippen LogP contribution in [0.25, 0.3) is 0 Å². The van der Waals surface area contributed by atoms with Crippen molar-refractivity contribution in [1.82, 2.24) is 14.2 Å². The van der Waals surface area contributed by atoms with E-state index >= 15 is 4.39 Å². The number of aliphatic hydroxyl groups excluding tert-OH is 1. The monoisotopic (exact) mass is 749 g/mol. The van der Waals surface area contributed by atoms with Gasteiger partial charge in [-0.3, -0.25) is 28.3 Å². The van der Waals surface area contributed by atoms with Crippen LogP contribution in [0.5, 0.6) is 5.75 Å². The summed E-state index contributed by atoms with van der Waals surface area (Å²) in [6.45, 7) is 3.96. The van der Waals surface area contributed by atoms with Gasteiger partial charge in [0.05, 0.1) is 25.6 Å². The average molecular weight is 750 g/mol. The van der Waals surface area contributed by atoms with Crippen LogP contribution >= 0.6 is 7.75 Å². The minimum atomic E-state index is -4.44. The van der Waals surface area contributed by atoms with E-state index in [0.717, 1.165) is 24.8 Å². The van der Waals surface area contributed by atoms with Crippen molar-refractivity contribution in [3.8, 4) is 5.75 Å². The zero-order chi connectivity index (χ0) is 38.1. The fourth-order valence-electron chi connectivity index (χ4n) is 4.91. The summed E-state index contributed by atoms with van der Waals surface area (Å²) < 4.78 is 63.2. The molecule has 3 aromatic rings. The molecular weight excluding hydrogens is 708 g/mol. The van der Waals surface area contributed by atoms with Gasteiger partial charge in [-0.1, -0.05) is 48.5 Å². The molecule has 0 spiro atoms. The van der Waals surface area contributed by atoms with E-state index in [1.165, 1.54) is 19.1 Å². The second kappa shape index (κ2) is 17.7. The Morgan fingerprint density at radius 1 is 0.981 bits per heavy atom. The SMILES string of the molecule is CC(C)OC(=O)[C@H](C)NP(=O)(OCC1OC(n2ccc(=O)n(COC(=O)CCC(=O)OCc3ccccc3)c2=O)[C@](C)(F)[C@@H]1O)Oc1ccccc1. The summed E-state index contributed by atoms with van der Waals surface area (Å²) in [6.07, 6.45) is -5.60. The van der Waals surface area contributed by atoms with Crippen LogP contribution in [0.1, 0.15) is 52.3 Å². The number of ether oxygens (including phenoxy) is 4. The van der Waals surface area contributed by atoms with Crippen LogP contribution in [0.15, 0.2) is 82.5 Å². The number of nitrogens with one attached hydrogen (secondary N) is 1. The standard InChI is InChI=1S/C34H41FN3O13P/c1-22(2)49-31(43)23(3)36-52(45,51-25-13-9-6-10-14-25)48-20-26-30(42)34(4,35)32(50-26)37-18-17-27(39)38(33(37)44)21-47-29(41)16-15-28(40)46-19-24-11-7-5-8-12-24/h5-14,17-18,22-23,26,30,32,42H,15-16,19-21H2,1-4H3,(H,36,45)/t23-,26?,30+,32?,34+,52?/m0/s1. The van der Waals surface area contributed by atoms with Gasteiger partial charge in [-0.2, -0.15) is 5.09 Å². The number of carbonyl (C=O) groups is 3. The van der Waals surface area contributed by atoms with Crippen LogP contribution in [0, 0.1) is 0 Å². The third-order valence-electron chi connectivity index (χ3n) is 7.63. The second-order valence-corrected chi connectivity index (χ2v) is 13.9. The maximum Gasteiger partial charge on any atom is 0.459 e. The highest BCUT2D eigenvalue weighted by Gasteiger charge is 2.56. The Bertz CT molecular complexity index is 1850. The fourth-order valence-corrected chi connectivity index (χ4v) is 6.41. The van der Waals surface area contributed by atoms with Gasteiger partial charge in [0.2, 0.25) is 0 Å². The van der Waals surface area contributed by atoms with Crippen molar-refractivity contribution in [2.75, 3.05) is 6.61 Å². The van der Waals surface area contributed by atoms with Crippen molar-refractivity contribution in [3.63, 3.8) is 0 Å². The van der Waals surface area contributed by atoms with Gasteiger partial charge in [0.25, 0.3) is 5.56 Å². The summed E-state index contributed by atoms with van der Waals surface area (Å²) in [7, 11) is -4.44. The first-order valence-electron chi connectivity index (χ1n) is 16.3. The molecule has 1 aliphatic heterocycles. The number of hydrogen-bond donors (Lipinski definition) is 2. The summed E-state index contributed by atoms with van der Waals surface area (Å²) >= 11 is 0. The highest BCUT2D eigenvalue weighted by Crippen LogP contribution is 2.47. The fraction of sp³-hybridized carbons (Fsp3) is 0.441. The zero-order valence-corrected chi connectivity index (χ0v) is 29.8. The topological polar surface area (TPSA) is 200 Å². The van der Waals surface area contributed by atoms with Gasteiger partial charge < -0.3 is 28.6 Å². The van der Waals surface area contributed by atoms with Crippen LogP contribution in [0.3, 0.4) is 0 Å². The van der Waals surface area contributed by atoms with Crippen molar-refractivity contribution < 1.29 is 56.4 Å². The van der Waals surface area contributed by atoms with E-state index in [1.54, 1.807) is 56.3 Å². The predicted molar refractivity (Wildman–Crippen MR) is 180 cm³/mol. The number of aromatic nitrogens is 2. The largest absolute Gasteiger partial charge is 0.462 e. The minimum Gasteiger partial charge on any atom is -0.462 e. The van der Waals surface area contributed by atoms with Gasteiger partial charge in [0.1, 0.15) is 30.6 Å². The lowest BCUT2D eigenvalue weighted by atomic mass is 9.98. The number of rotatable bonds is 17. The summed E-state index contributed by atoms with van der Waals surface area (Å²) in [5, 5.41) is 13.4. The van der Waals surface area contributed by atoms with E-state index < -0.39 is 92.9 Å². The second-order valence-electron chi connectivity index (χ2n) is 12.2. The molecule has 0 radical (unpaired) electrons. The maximum absolute atomic E-state index is 16.1. The van der Waals surface area contributed by atoms with E-state index in [1.807, 2.05) is 6.07 Å². The van der Waals surface area contributed by atoms with Crippen LogP contribution in [0.4, 0.5) is 4.39 Å². The number of alkyl halides is 1. The molecule has 1 saturated heterocycles. The molecule has 6 atom stereocenters. The minimum absolute atomic E-state index is 0.0117. The average Bonchev–Trinajstić information content (AvgIpc) is 3.32. The number of benzene rings is 2. The Morgan fingerprint density at radius 2 is 1.60 bits per heavy atom. The number of aliphatic hydroxyl groups is 1. The Hall–Kier alpha value is -4.67. The van der Waals surface area contributed by atoms with Gasteiger partial charge in [-0.15, -0.1) is 0 Å². The Labute approximate surface area is 297 Å². The molecule has 0 amide bonds. The summed E-state index contributed by atoms with van der Waals surface area (Å²) in [4.78, 5) is 62.7. The van der Waals surface area contributed by atoms with E-state index in [2.05, 4.69) is 5.09 Å². The first-order chi connectivity index (χ1) is 24.6. The molecule has 2 heterocycles. The van der Waals surface area contributed by atoms with Crippen molar-refractivity contribution in [1.29, 1.82) is 0 Å². The summed E-state index contributed by atoms with van der Waals surface area (Å²) in [6, 6.07) is 16.4. The lowest BCUT2D eigenvalue weighted by molar-refractivity contribution is -0.153. The molecule has 0 saturated carbocycles. The lowest BCUT2D eigenvalue weighted by Crippen LogP contribution is -2.46. The number of carbonyl (C=O) groups excluding carboxylic acids is 3. The molecule has 2 aromatic carbocycles. The highest BCUT2D eigenvalue weighted by molar-refractivity contribution is 7.52. The van der Waals surface area contributed by atoms with Crippen LogP contribution in [0.2, 0.25) is 0 Å². The molecule has 1 aliphatic rings. The molecule has 0 bridgehead atoms. The molecule has 282 valence electrons. The van der Waals surface area contributed by atoms with E-state index in [9.17, 15) is 33.6 Å². The molecule has 16 nitrogen and oxygen atoms in total. The number of nitrogens with zero attached hydrogens (tertiary/aromatic N) is 2. The molecule has 18 heteroatoms. The predicted octanol–water partition coefficient (Wildman–Crippen LogP) is 3.15. The molecule has 4 rings (SSSR count). The molecule has 1 aromatic heterocycles. The maximum atomic E-state index is 16.1. The lowest BCUT2D eigenvalue weighted by Gasteiger charge is -2.25.